The summed E-state index contributed by atoms with van der Waals surface area (Å²) < 4.78 is 1.05. The second-order valence-electron chi connectivity index (χ2n) is 4.58. The third-order valence-electron chi connectivity index (χ3n) is 3.25. The van der Waals surface area contributed by atoms with Crippen molar-refractivity contribution < 1.29 is 0 Å². The summed E-state index contributed by atoms with van der Waals surface area (Å²) in [5, 5.41) is 3.47. The molecule has 1 N–H and O–H groups in total. The first-order valence-electron chi connectivity index (χ1n) is 6.35. The largest absolute Gasteiger partial charge is 0.314 e. The van der Waals surface area contributed by atoms with E-state index in [9.17, 15) is 0 Å². The zero-order chi connectivity index (χ0) is 12.1. The van der Waals surface area contributed by atoms with Crippen molar-refractivity contribution in [2.24, 2.45) is 0 Å². The lowest BCUT2D eigenvalue weighted by molar-refractivity contribution is 0.142. The van der Waals surface area contributed by atoms with Crippen molar-refractivity contribution in [3.8, 4) is 0 Å². The Morgan fingerprint density at radius 3 is 3.12 bits per heavy atom. The van der Waals surface area contributed by atoms with Gasteiger partial charge >= 0.3 is 0 Å². The van der Waals surface area contributed by atoms with Crippen LogP contribution in [0.4, 0.5) is 0 Å². The molecule has 94 valence electrons. The number of nitrogens with one attached hydrogen (secondary N) is 1. The molecular weight excluding hydrogens is 278 g/mol. The van der Waals surface area contributed by atoms with Gasteiger partial charge in [0.15, 0.2) is 0 Å². The molecule has 2 heterocycles. The first kappa shape index (κ1) is 13.0. The highest BCUT2D eigenvalue weighted by molar-refractivity contribution is 9.10. The highest BCUT2D eigenvalue weighted by Crippen LogP contribution is 2.14. The predicted octanol–water partition coefficient (Wildman–Crippen LogP) is 2.42. The molecule has 17 heavy (non-hydrogen) atoms. The Balaban J connectivity index is 1.97. The van der Waals surface area contributed by atoms with Crippen molar-refractivity contribution in [1.29, 1.82) is 0 Å². The first-order chi connectivity index (χ1) is 8.29. The fourth-order valence-electron chi connectivity index (χ4n) is 2.34. The summed E-state index contributed by atoms with van der Waals surface area (Å²) in [6.07, 6.45) is 4.40. The quantitative estimate of drug-likeness (QED) is 0.925. The summed E-state index contributed by atoms with van der Waals surface area (Å²) in [6.45, 7) is 6.56. The highest BCUT2D eigenvalue weighted by Gasteiger charge is 2.21. The molecule has 3 nitrogen and oxygen atoms in total. The highest BCUT2D eigenvalue weighted by atomic mass is 79.9. The summed E-state index contributed by atoms with van der Waals surface area (Å²) >= 11 is 3.42. The Hall–Kier alpha value is -0.450. The molecule has 1 unspecified atom stereocenters. The molecule has 1 atom stereocenters. The maximum atomic E-state index is 4.46. The number of hydrogen-bond donors (Lipinski definition) is 1. The van der Waals surface area contributed by atoms with Gasteiger partial charge in [0.05, 0.1) is 5.69 Å². The zero-order valence-corrected chi connectivity index (χ0v) is 11.9. The van der Waals surface area contributed by atoms with E-state index in [-0.39, 0.29) is 0 Å². The molecule has 1 aliphatic heterocycles. The minimum absolute atomic E-state index is 0.666. The van der Waals surface area contributed by atoms with Crippen LogP contribution in [0.5, 0.6) is 0 Å². The Morgan fingerprint density at radius 1 is 1.53 bits per heavy atom. The van der Waals surface area contributed by atoms with Crippen LogP contribution >= 0.6 is 15.9 Å². The molecule has 1 fully saturated rings. The topological polar surface area (TPSA) is 28.2 Å². The van der Waals surface area contributed by atoms with E-state index in [0.29, 0.717) is 6.04 Å². The smallest absolute Gasteiger partial charge is 0.0544 e. The first-order valence-corrected chi connectivity index (χ1v) is 7.14. The van der Waals surface area contributed by atoms with Gasteiger partial charge in [-0.15, -0.1) is 0 Å². The Kier molecular flexibility index (Phi) is 4.95. The molecule has 0 aromatic carbocycles. The van der Waals surface area contributed by atoms with E-state index in [1.54, 1.807) is 0 Å². The third kappa shape index (κ3) is 3.76. The number of hydrogen-bond acceptors (Lipinski definition) is 3. The molecule has 0 bridgehead atoms. The normalized spacial score (nSPS) is 21.6. The minimum atomic E-state index is 0.666. The number of rotatable bonds is 4. The summed E-state index contributed by atoms with van der Waals surface area (Å²) in [6, 6.07) is 4.84. The maximum absolute atomic E-state index is 4.46. The monoisotopic (exact) mass is 297 g/mol. The van der Waals surface area contributed by atoms with Crippen LogP contribution in [-0.4, -0.2) is 35.6 Å². The molecule has 4 heteroatoms. The molecule has 1 aromatic heterocycles. The van der Waals surface area contributed by atoms with Crippen molar-refractivity contribution >= 4 is 15.9 Å². The SMILES string of the molecule is CCCC1CNCCN1Cc1ccc(Br)cn1. The molecule has 1 saturated heterocycles. The Labute approximate surface area is 112 Å². The van der Waals surface area contributed by atoms with Crippen LogP contribution in [0.1, 0.15) is 25.5 Å². The van der Waals surface area contributed by atoms with E-state index < -0.39 is 0 Å². The van der Waals surface area contributed by atoms with Crippen LogP contribution in [-0.2, 0) is 6.54 Å². The van der Waals surface area contributed by atoms with Crippen molar-refractivity contribution in [3.05, 3.63) is 28.5 Å². The van der Waals surface area contributed by atoms with Crippen LogP contribution in [0, 0.1) is 0 Å². The molecule has 0 amide bonds. The van der Waals surface area contributed by atoms with Gasteiger partial charge < -0.3 is 5.32 Å². The van der Waals surface area contributed by atoms with Gasteiger partial charge in [0.1, 0.15) is 0 Å². The van der Waals surface area contributed by atoms with E-state index in [0.717, 1.165) is 36.3 Å². The van der Waals surface area contributed by atoms with Gasteiger partial charge in [-0.1, -0.05) is 13.3 Å². The van der Waals surface area contributed by atoms with Crippen molar-refractivity contribution in [2.45, 2.75) is 32.4 Å². The Morgan fingerprint density at radius 2 is 2.41 bits per heavy atom. The third-order valence-corrected chi connectivity index (χ3v) is 3.72. The van der Waals surface area contributed by atoms with Crippen LogP contribution in [0.15, 0.2) is 22.8 Å². The van der Waals surface area contributed by atoms with E-state index in [1.807, 2.05) is 6.20 Å². The lowest BCUT2D eigenvalue weighted by Crippen LogP contribution is -2.50. The average Bonchev–Trinajstić information content (AvgIpc) is 2.35. The standard InChI is InChI=1S/C13H20BrN3/c1-2-3-13-9-15-6-7-17(13)10-12-5-4-11(14)8-16-12/h4-5,8,13,15H,2-3,6-7,9-10H2,1H3. The van der Waals surface area contributed by atoms with Gasteiger partial charge in [-0.25, -0.2) is 0 Å². The summed E-state index contributed by atoms with van der Waals surface area (Å²) in [5.74, 6) is 0. The lowest BCUT2D eigenvalue weighted by Gasteiger charge is -2.35. The molecule has 0 radical (unpaired) electrons. The van der Waals surface area contributed by atoms with Gasteiger partial charge in [-0.05, 0) is 34.5 Å². The maximum Gasteiger partial charge on any atom is 0.0544 e. The number of pyridine rings is 1. The van der Waals surface area contributed by atoms with Gasteiger partial charge in [-0.3, -0.25) is 9.88 Å². The predicted molar refractivity (Wildman–Crippen MR) is 73.9 cm³/mol. The number of halogens is 1. The molecule has 2 rings (SSSR count). The lowest BCUT2D eigenvalue weighted by atomic mass is 10.1. The van der Waals surface area contributed by atoms with E-state index >= 15 is 0 Å². The summed E-state index contributed by atoms with van der Waals surface area (Å²) in [5.41, 5.74) is 1.16. The number of piperazine rings is 1. The zero-order valence-electron chi connectivity index (χ0n) is 10.3. The van der Waals surface area contributed by atoms with Crippen molar-refractivity contribution in [1.82, 2.24) is 15.2 Å². The van der Waals surface area contributed by atoms with E-state index in [2.05, 4.69) is 50.2 Å². The van der Waals surface area contributed by atoms with Crippen LogP contribution < -0.4 is 5.32 Å². The average molecular weight is 298 g/mol. The fraction of sp³-hybridized carbons (Fsp3) is 0.615. The van der Waals surface area contributed by atoms with E-state index in [1.165, 1.54) is 12.8 Å². The number of nitrogens with zero attached hydrogens (tertiary/aromatic N) is 2. The van der Waals surface area contributed by atoms with E-state index in [4.69, 9.17) is 0 Å². The number of aromatic nitrogens is 1. The minimum Gasteiger partial charge on any atom is -0.314 e. The summed E-state index contributed by atoms with van der Waals surface area (Å²) in [4.78, 5) is 7.01. The molecule has 0 aliphatic carbocycles. The molecule has 1 aromatic rings. The van der Waals surface area contributed by atoms with Crippen molar-refractivity contribution in [2.75, 3.05) is 19.6 Å². The van der Waals surface area contributed by atoms with Crippen LogP contribution in [0.3, 0.4) is 0 Å². The molecule has 1 aliphatic rings. The Bertz CT molecular complexity index is 337. The molecule has 0 saturated carbocycles. The molecule has 0 spiro atoms. The molecular formula is C13H20BrN3. The second-order valence-corrected chi connectivity index (χ2v) is 5.50. The van der Waals surface area contributed by atoms with Gasteiger partial charge in [0, 0.05) is 42.9 Å². The van der Waals surface area contributed by atoms with Crippen LogP contribution in [0.25, 0.3) is 0 Å². The van der Waals surface area contributed by atoms with Crippen LogP contribution in [0.2, 0.25) is 0 Å². The van der Waals surface area contributed by atoms with Gasteiger partial charge in [0.2, 0.25) is 0 Å². The van der Waals surface area contributed by atoms with Gasteiger partial charge in [-0.2, -0.15) is 0 Å². The van der Waals surface area contributed by atoms with Crippen molar-refractivity contribution in [3.63, 3.8) is 0 Å². The van der Waals surface area contributed by atoms with Gasteiger partial charge in [0.25, 0.3) is 0 Å². The summed E-state index contributed by atoms with van der Waals surface area (Å²) in [7, 11) is 0. The fourth-order valence-corrected chi connectivity index (χ4v) is 2.57. The second kappa shape index (κ2) is 6.47.